The van der Waals surface area contributed by atoms with Crippen LogP contribution in [0.3, 0.4) is 0 Å². The molecule has 0 aliphatic carbocycles. The highest BCUT2D eigenvalue weighted by molar-refractivity contribution is 5.30. The number of nitrogens with two attached hydrogens (primary N) is 3. The van der Waals surface area contributed by atoms with E-state index in [-0.39, 0.29) is 0 Å². The number of rotatable bonds is 7. The van der Waals surface area contributed by atoms with Gasteiger partial charge in [-0.1, -0.05) is 25.5 Å². The molecular weight excluding hydrogens is 278 g/mol. The second-order valence-corrected chi connectivity index (χ2v) is 4.88. The zero-order valence-corrected chi connectivity index (χ0v) is 13.2. The first-order valence-corrected chi connectivity index (χ1v) is 7.59. The summed E-state index contributed by atoms with van der Waals surface area (Å²) in [5, 5.41) is 3.92. The molecule has 0 bridgehead atoms. The van der Waals surface area contributed by atoms with Crippen molar-refractivity contribution in [3.63, 3.8) is 0 Å². The van der Waals surface area contributed by atoms with Gasteiger partial charge in [-0.25, -0.2) is 0 Å². The monoisotopic (exact) mass is 305 g/mol. The van der Waals surface area contributed by atoms with E-state index in [2.05, 4.69) is 12.0 Å². The third-order valence-corrected chi connectivity index (χ3v) is 2.94. The number of benzene rings is 1. The molecule has 6 N–H and O–H groups in total. The Hall–Kier alpha value is -2.05. The number of nitrogens with zero attached hydrogens (tertiary/aromatic N) is 2. The first-order valence-electron chi connectivity index (χ1n) is 7.59. The molecule has 0 atom stereocenters. The molecule has 2 aromatic rings. The molecule has 0 amide bonds. The maximum Gasteiger partial charge on any atom is 0.119 e. The van der Waals surface area contributed by atoms with Crippen LogP contribution in [0.15, 0.2) is 36.7 Å². The summed E-state index contributed by atoms with van der Waals surface area (Å²) in [4.78, 5) is 0. The maximum atomic E-state index is 5.51. The Morgan fingerprint density at radius 1 is 1.18 bits per heavy atom. The lowest BCUT2D eigenvalue weighted by Gasteiger charge is -2.05. The lowest BCUT2D eigenvalue weighted by molar-refractivity contribution is 0.309. The Labute approximate surface area is 132 Å². The fourth-order valence-corrected chi connectivity index (χ4v) is 1.69. The van der Waals surface area contributed by atoms with Crippen LogP contribution < -0.4 is 21.9 Å². The summed E-state index contributed by atoms with van der Waals surface area (Å²) < 4.78 is 7.22. The standard InChI is InChI=1S/C11H17NO.C5H10N4/c1-2-3-8-13-11-6-4-10(9-12)5-7-11;6-1-2-9-4-5(7)3-8-9/h4-7H,2-3,8-9,12H2,1H3;3-4H,1-2,6-7H2. The molecule has 0 aliphatic heterocycles. The van der Waals surface area contributed by atoms with E-state index in [4.69, 9.17) is 21.9 Å². The summed E-state index contributed by atoms with van der Waals surface area (Å²) >= 11 is 0. The van der Waals surface area contributed by atoms with Gasteiger partial charge in [0.05, 0.1) is 25.0 Å². The van der Waals surface area contributed by atoms with Gasteiger partial charge in [0.25, 0.3) is 0 Å². The lowest BCUT2D eigenvalue weighted by Crippen LogP contribution is -2.09. The van der Waals surface area contributed by atoms with Crippen molar-refractivity contribution < 1.29 is 4.74 Å². The van der Waals surface area contributed by atoms with Gasteiger partial charge in [-0.05, 0) is 24.1 Å². The van der Waals surface area contributed by atoms with E-state index in [0.717, 1.165) is 30.9 Å². The number of aromatic nitrogens is 2. The van der Waals surface area contributed by atoms with Crippen LogP contribution in [0.4, 0.5) is 5.69 Å². The maximum absolute atomic E-state index is 5.51. The lowest BCUT2D eigenvalue weighted by atomic mass is 10.2. The molecule has 1 aromatic heterocycles. The predicted octanol–water partition coefficient (Wildman–Crippen LogP) is 1.75. The average Bonchev–Trinajstić information content (AvgIpc) is 2.95. The van der Waals surface area contributed by atoms with Gasteiger partial charge in [0.1, 0.15) is 5.75 Å². The summed E-state index contributed by atoms with van der Waals surface area (Å²) in [7, 11) is 0. The minimum atomic E-state index is 0.592. The summed E-state index contributed by atoms with van der Waals surface area (Å²) in [6.07, 6.45) is 5.64. The quantitative estimate of drug-likeness (QED) is 0.676. The van der Waals surface area contributed by atoms with Crippen LogP contribution in [0, 0.1) is 0 Å². The van der Waals surface area contributed by atoms with Crippen LogP contribution in [-0.4, -0.2) is 22.9 Å². The summed E-state index contributed by atoms with van der Waals surface area (Å²) in [5.41, 5.74) is 18.0. The number of unbranched alkanes of at least 4 members (excludes halogenated alkanes) is 1. The molecule has 0 fully saturated rings. The van der Waals surface area contributed by atoms with E-state index in [1.807, 2.05) is 24.3 Å². The largest absolute Gasteiger partial charge is 0.494 e. The molecule has 1 aromatic carbocycles. The highest BCUT2D eigenvalue weighted by atomic mass is 16.5. The zero-order chi connectivity index (χ0) is 16.2. The van der Waals surface area contributed by atoms with Crippen molar-refractivity contribution in [2.45, 2.75) is 32.9 Å². The normalized spacial score (nSPS) is 9.95. The second-order valence-electron chi connectivity index (χ2n) is 4.88. The van der Waals surface area contributed by atoms with Crippen LogP contribution in [0.2, 0.25) is 0 Å². The molecule has 0 saturated heterocycles. The third-order valence-electron chi connectivity index (χ3n) is 2.94. The van der Waals surface area contributed by atoms with Crippen LogP contribution in [0.25, 0.3) is 0 Å². The molecule has 2 rings (SSSR count). The Morgan fingerprint density at radius 2 is 1.91 bits per heavy atom. The van der Waals surface area contributed by atoms with Crippen molar-refractivity contribution in [1.82, 2.24) is 9.78 Å². The molecule has 1 heterocycles. The third kappa shape index (κ3) is 7.10. The van der Waals surface area contributed by atoms with Gasteiger partial charge in [-0.3, -0.25) is 4.68 Å². The van der Waals surface area contributed by atoms with E-state index >= 15 is 0 Å². The van der Waals surface area contributed by atoms with Gasteiger partial charge in [0.15, 0.2) is 0 Å². The summed E-state index contributed by atoms with van der Waals surface area (Å²) in [5.74, 6) is 0.936. The van der Waals surface area contributed by atoms with Gasteiger partial charge in [0.2, 0.25) is 0 Å². The molecule has 122 valence electrons. The highest BCUT2D eigenvalue weighted by Gasteiger charge is 1.93. The van der Waals surface area contributed by atoms with Crippen molar-refractivity contribution in [2.75, 3.05) is 18.9 Å². The Balaban J connectivity index is 0.000000235. The fourth-order valence-electron chi connectivity index (χ4n) is 1.69. The van der Waals surface area contributed by atoms with E-state index in [1.165, 1.54) is 6.42 Å². The second kappa shape index (κ2) is 10.6. The number of anilines is 1. The van der Waals surface area contributed by atoms with Crippen LogP contribution >= 0.6 is 0 Å². The van der Waals surface area contributed by atoms with E-state index in [1.54, 1.807) is 17.1 Å². The Bertz CT molecular complexity index is 510. The van der Waals surface area contributed by atoms with E-state index in [9.17, 15) is 0 Å². The molecular formula is C16H27N5O. The summed E-state index contributed by atoms with van der Waals surface area (Å²) in [6.45, 7) is 4.88. The molecule has 0 saturated carbocycles. The fraction of sp³-hybridized carbons (Fsp3) is 0.438. The zero-order valence-electron chi connectivity index (χ0n) is 13.2. The van der Waals surface area contributed by atoms with Crippen molar-refractivity contribution in [3.05, 3.63) is 42.2 Å². The van der Waals surface area contributed by atoms with Gasteiger partial charge >= 0.3 is 0 Å². The minimum absolute atomic E-state index is 0.592. The SMILES string of the molecule is CCCCOc1ccc(CN)cc1.NCCn1cc(N)cn1. The predicted molar refractivity (Wildman–Crippen MR) is 90.4 cm³/mol. The molecule has 0 aliphatic rings. The molecule has 6 nitrogen and oxygen atoms in total. The first-order chi connectivity index (χ1) is 10.7. The molecule has 6 heteroatoms. The van der Waals surface area contributed by atoms with Crippen LogP contribution in [-0.2, 0) is 13.1 Å². The highest BCUT2D eigenvalue weighted by Crippen LogP contribution is 2.12. The Kier molecular flexibility index (Phi) is 8.71. The Morgan fingerprint density at radius 3 is 2.41 bits per heavy atom. The van der Waals surface area contributed by atoms with Gasteiger partial charge < -0.3 is 21.9 Å². The van der Waals surface area contributed by atoms with Gasteiger partial charge in [-0.15, -0.1) is 0 Å². The number of hydrogen-bond donors (Lipinski definition) is 3. The minimum Gasteiger partial charge on any atom is -0.494 e. The van der Waals surface area contributed by atoms with Crippen LogP contribution in [0.1, 0.15) is 25.3 Å². The molecule has 0 spiro atoms. The van der Waals surface area contributed by atoms with Crippen molar-refractivity contribution in [3.8, 4) is 5.75 Å². The van der Waals surface area contributed by atoms with E-state index < -0.39 is 0 Å². The van der Waals surface area contributed by atoms with Crippen molar-refractivity contribution >= 4 is 5.69 Å². The number of ether oxygens (including phenoxy) is 1. The van der Waals surface area contributed by atoms with Gasteiger partial charge in [-0.2, -0.15) is 5.10 Å². The van der Waals surface area contributed by atoms with Gasteiger partial charge in [0, 0.05) is 19.3 Å². The topological polar surface area (TPSA) is 105 Å². The molecule has 0 unspecified atom stereocenters. The molecule has 22 heavy (non-hydrogen) atoms. The van der Waals surface area contributed by atoms with Crippen molar-refractivity contribution in [1.29, 1.82) is 0 Å². The van der Waals surface area contributed by atoms with Crippen LogP contribution in [0.5, 0.6) is 5.75 Å². The van der Waals surface area contributed by atoms with E-state index in [0.29, 0.717) is 18.8 Å². The summed E-state index contributed by atoms with van der Waals surface area (Å²) in [6, 6.07) is 7.94. The molecule has 0 radical (unpaired) electrons. The smallest absolute Gasteiger partial charge is 0.119 e. The van der Waals surface area contributed by atoms with Crippen molar-refractivity contribution in [2.24, 2.45) is 11.5 Å². The number of hydrogen-bond acceptors (Lipinski definition) is 5. The average molecular weight is 305 g/mol. The number of nitrogen functional groups attached to an aromatic ring is 1. The first kappa shape index (κ1) is 18.0.